The van der Waals surface area contributed by atoms with Gasteiger partial charge in [0, 0.05) is 54.6 Å². The number of carbonyl (C=O) groups excluding carboxylic acids is 3. The molecule has 3 aromatic carbocycles. The molecule has 282 valence electrons. The summed E-state index contributed by atoms with van der Waals surface area (Å²) in [7, 11) is 3.13. The van der Waals surface area contributed by atoms with Crippen LogP contribution >= 0.6 is 0 Å². The van der Waals surface area contributed by atoms with Gasteiger partial charge in [0.1, 0.15) is 30.5 Å². The third-order valence-corrected chi connectivity index (χ3v) is 10.6. The summed E-state index contributed by atoms with van der Waals surface area (Å²) in [6, 6.07) is 18.3. The largest absolute Gasteiger partial charge is 0.497 e. The Balaban J connectivity index is 1.27. The molecule has 3 unspecified atom stereocenters. The molecule has 3 atom stereocenters. The van der Waals surface area contributed by atoms with Crippen LogP contribution in [-0.4, -0.2) is 72.6 Å². The van der Waals surface area contributed by atoms with Crippen molar-refractivity contribution < 1.29 is 33.3 Å². The Bertz CT molecular complexity index is 1840. The molecule has 4 N–H and O–H groups in total. The lowest BCUT2D eigenvalue weighted by Crippen LogP contribution is -2.50. The Morgan fingerprint density at radius 3 is 2.45 bits per heavy atom. The zero-order valence-corrected chi connectivity index (χ0v) is 31.1. The summed E-state index contributed by atoms with van der Waals surface area (Å²) < 4.78 is 23.0. The van der Waals surface area contributed by atoms with Crippen LogP contribution < -0.4 is 25.8 Å². The van der Waals surface area contributed by atoms with Crippen molar-refractivity contribution >= 4 is 17.8 Å². The van der Waals surface area contributed by atoms with Crippen LogP contribution in [0, 0.1) is 11.8 Å². The maximum atomic E-state index is 14.9. The zero-order chi connectivity index (χ0) is 37.6. The Morgan fingerprint density at radius 2 is 1.72 bits per heavy atom. The normalized spacial score (nSPS) is 19.8. The summed E-state index contributed by atoms with van der Waals surface area (Å²) in [4.78, 5) is 46.0. The number of hydrogen-bond acceptors (Lipinski definition) is 10. The van der Waals surface area contributed by atoms with E-state index in [9.17, 15) is 14.4 Å². The SMILES string of the molecule is COc1ccc(COC(=O)C2CCCCC2C(=O)N2CCc3cccc(OC/C(N)=C/N(N)C(C)C)c3C2CN2Cc3ccccc3C2=O)c(OC)c1. The number of amides is 2. The van der Waals surface area contributed by atoms with E-state index in [1.165, 1.54) is 5.01 Å². The molecule has 3 aliphatic rings. The number of nitrogens with zero attached hydrogens (tertiary/aromatic N) is 3. The molecule has 3 aromatic rings. The van der Waals surface area contributed by atoms with E-state index >= 15 is 0 Å². The predicted molar refractivity (Wildman–Crippen MR) is 200 cm³/mol. The van der Waals surface area contributed by atoms with Crippen molar-refractivity contribution in [2.24, 2.45) is 23.4 Å². The number of hydrogen-bond donors (Lipinski definition) is 2. The maximum absolute atomic E-state index is 14.9. The molecule has 0 radical (unpaired) electrons. The monoisotopic (exact) mass is 725 g/mol. The summed E-state index contributed by atoms with van der Waals surface area (Å²) in [5.41, 5.74) is 11.0. The molecular weight excluding hydrogens is 674 g/mol. The second-order valence-electron chi connectivity index (χ2n) is 14.3. The van der Waals surface area contributed by atoms with Gasteiger partial charge in [-0.3, -0.25) is 14.4 Å². The molecule has 2 aliphatic heterocycles. The lowest BCUT2D eigenvalue weighted by Gasteiger charge is -2.43. The van der Waals surface area contributed by atoms with E-state index in [1.807, 2.05) is 67.3 Å². The summed E-state index contributed by atoms with van der Waals surface area (Å²) in [6.07, 6.45) is 5.03. The first-order chi connectivity index (χ1) is 25.6. The highest BCUT2D eigenvalue weighted by Gasteiger charge is 2.44. The number of methoxy groups -OCH3 is 2. The van der Waals surface area contributed by atoms with Crippen LogP contribution in [0.25, 0.3) is 0 Å². The lowest BCUT2D eigenvalue weighted by molar-refractivity contribution is -0.159. The number of nitrogens with two attached hydrogens (primary N) is 2. The molecule has 6 rings (SSSR count). The van der Waals surface area contributed by atoms with Crippen LogP contribution in [0.15, 0.2) is 72.6 Å². The molecule has 1 saturated carbocycles. The van der Waals surface area contributed by atoms with Crippen LogP contribution in [0.2, 0.25) is 0 Å². The number of hydrazine groups is 1. The van der Waals surface area contributed by atoms with E-state index in [0.717, 1.165) is 29.5 Å². The quantitative estimate of drug-likeness (QED) is 0.139. The number of rotatable bonds is 13. The second kappa shape index (κ2) is 16.6. The van der Waals surface area contributed by atoms with Crippen molar-refractivity contribution in [3.05, 3.63) is 100 Å². The molecule has 1 aliphatic carbocycles. The van der Waals surface area contributed by atoms with Gasteiger partial charge in [-0.25, -0.2) is 5.84 Å². The predicted octanol–water partition coefficient (Wildman–Crippen LogP) is 5.10. The topological polar surface area (TPSA) is 150 Å². The summed E-state index contributed by atoms with van der Waals surface area (Å²) in [5.74, 6) is 6.10. The fourth-order valence-electron chi connectivity index (χ4n) is 7.68. The van der Waals surface area contributed by atoms with Gasteiger partial charge in [0.25, 0.3) is 5.91 Å². The molecule has 12 heteroatoms. The highest BCUT2D eigenvalue weighted by Crippen LogP contribution is 2.42. The molecule has 2 heterocycles. The van der Waals surface area contributed by atoms with Crippen LogP contribution in [0.5, 0.6) is 17.2 Å². The van der Waals surface area contributed by atoms with Gasteiger partial charge >= 0.3 is 5.97 Å². The highest BCUT2D eigenvalue weighted by atomic mass is 16.5. The Kier molecular flexibility index (Phi) is 11.8. The summed E-state index contributed by atoms with van der Waals surface area (Å²) >= 11 is 0. The minimum absolute atomic E-state index is 0.0120. The number of ether oxygens (including phenoxy) is 4. The van der Waals surface area contributed by atoms with Gasteiger partial charge in [0.2, 0.25) is 5.91 Å². The molecule has 1 fully saturated rings. The third kappa shape index (κ3) is 8.22. The van der Waals surface area contributed by atoms with E-state index in [-0.39, 0.29) is 37.6 Å². The number of esters is 1. The van der Waals surface area contributed by atoms with Gasteiger partial charge in [-0.1, -0.05) is 43.2 Å². The number of benzene rings is 3. The average molecular weight is 726 g/mol. The van der Waals surface area contributed by atoms with Gasteiger partial charge in [0.15, 0.2) is 0 Å². The highest BCUT2D eigenvalue weighted by molar-refractivity contribution is 5.98. The van der Waals surface area contributed by atoms with Crippen LogP contribution in [0.1, 0.15) is 78.2 Å². The van der Waals surface area contributed by atoms with E-state index in [1.54, 1.807) is 37.5 Å². The van der Waals surface area contributed by atoms with E-state index in [4.69, 9.17) is 30.5 Å². The van der Waals surface area contributed by atoms with Crippen molar-refractivity contribution in [3.8, 4) is 17.2 Å². The van der Waals surface area contributed by atoms with E-state index in [2.05, 4.69) is 0 Å². The molecular formula is C41H51N5O7. The molecule has 0 bridgehead atoms. The van der Waals surface area contributed by atoms with Gasteiger partial charge in [-0.2, -0.15) is 0 Å². The zero-order valence-electron chi connectivity index (χ0n) is 31.1. The van der Waals surface area contributed by atoms with E-state index < -0.39 is 23.8 Å². The van der Waals surface area contributed by atoms with Crippen molar-refractivity contribution in [3.63, 3.8) is 0 Å². The first kappa shape index (κ1) is 37.5. The maximum Gasteiger partial charge on any atom is 0.310 e. The first-order valence-corrected chi connectivity index (χ1v) is 18.4. The minimum Gasteiger partial charge on any atom is -0.497 e. The molecule has 0 spiro atoms. The average Bonchev–Trinajstić information content (AvgIpc) is 3.49. The number of carbonyl (C=O) groups is 3. The third-order valence-electron chi connectivity index (χ3n) is 10.6. The fraction of sp³-hybridized carbons (Fsp3) is 0.439. The second-order valence-corrected chi connectivity index (χ2v) is 14.3. The molecule has 0 aromatic heterocycles. The van der Waals surface area contributed by atoms with Crippen molar-refractivity contribution in [1.82, 2.24) is 14.8 Å². The van der Waals surface area contributed by atoms with Gasteiger partial charge in [-0.15, -0.1) is 0 Å². The Labute approximate surface area is 311 Å². The smallest absolute Gasteiger partial charge is 0.310 e. The Hall–Kier alpha value is -5.23. The molecule has 12 nitrogen and oxygen atoms in total. The first-order valence-electron chi connectivity index (χ1n) is 18.4. The van der Waals surface area contributed by atoms with Crippen LogP contribution in [-0.2, 0) is 33.9 Å². The standard InChI is InChI=1S/C41H51N5O7/c1-26(2)46(43)22-30(42)25-52-36-15-9-11-27-18-19-45(35(38(27)36)23-44-21-28-10-5-6-12-32(28)39(44)47)40(48)33-13-7-8-14-34(33)41(49)53-24-29-16-17-31(50-3)20-37(29)51-4/h5-6,9-12,15-17,20,22,26,33-35H,7-8,13-14,18-19,21,23-25,42-43H2,1-4H3/b30-22-. The summed E-state index contributed by atoms with van der Waals surface area (Å²) in [6.45, 7) is 5.16. The Morgan fingerprint density at radius 1 is 0.962 bits per heavy atom. The lowest BCUT2D eigenvalue weighted by atomic mass is 9.77. The molecule has 2 amide bonds. The molecule has 0 saturated heterocycles. The molecule has 53 heavy (non-hydrogen) atoms. The van der Waals surface area contributed by atoms with Crippen molar-refractivity contribution in [1.29, 1.82) is 0 Å². The van der Waals surface area contributed by atoms with Crippen LogP contribution in [0.4, 0.5) is 0 Å². The fourth-order valence-corrected chi connectivity index (χ4v) is 7.68. The van der Waals surface area contributed by atoms with E-state index in [0.29, 0.717) is 66.4 Å². The van der Waals surface area contributed by atoms with Gasteiger partial charge in [0.05, 0.1) is 37.8 Å². The van der Waals surface area contributed by atoms with Gasteiger partial charge in [-0.05, 0) is 68.5 Å². The summed E-state index contributed by atoms with van der Waals surface area (Å²) in [5, 5.41) is 1.53. The van der Waals surface area contributed by atoms with Gasteiger partial charge < -0.3 is 39.5 Å². The van der Waals surface area contributed by atoms with Crippen LogP contribution in [0.3, 0.4) is 0 Å². The number of fused-ring (bicyclic) bond motifs is 2. The van der Waals surface area contributed by atoms with Crippen molar-refractivity contribution in [2.75, 3.05) is 33.9 Å². The minimum atomic E-state index is -0.600. The van der Waals surface area contributed by atoms with Crippen molar-refractivity contribution in [2.45, 2.75) is 71.2 Å².